The molecule has 4 rings (SSSR count). The normalized spacial score (nSPS) is 11.0. The first-order chi connectivity index (χ1) is 16.4. The number of hydrogen-bond donors (Lipinski definition) is 1. The first kappa shape index (κ1) is 23.1. The van der Waals surface area contributed by atoms with E-state index in [1.165, 1.54) is 45.5 Å². The lowest BCUT2D eigenvalue weighted by atomic mass is 10.2. The molecule has 1 amide bonds. The molecular formula is C26H23F2N3O3. The summed E-state index contributed by atoms with van der Waals surface area (Å²) in [6, 6.07) is 18.3. The minimum atomic E-state index is -0.483. The van der Waals surface area contributed by atoms with Gasteiger partial charge in [-0.15, -0.1) is 0 Å². The summed E-state index contributed by atoms with van der Waals surface area (Å²) in [6.07, 6.45) is 1.08. The van der Waals surface area contributed by atoms with Crippen LogP contribution in [0.15, 0.2) is 82.4 Å². The van der Waals surface area contributed by atoms with E-state index in [2.05, 4.69) is 5.32 Å². The van der Waals surface area contributed by atoms with Gasteiger partial charge >= 0.3 is 5.69 Å². The number of amides is 1. The highest BCUT2D eigenvalue weighted by Gasteiger charge is 2.13. The number of carbonyl (C=O) groups excluding carboxylic acids is 1. The number of para-hydroxylation sites is 1. The van der Waals surface area contributed by atoms with E-state index in [1.807, 2.05) is 0 Å². The highest BCUT2D eigenvalue weighted by molar-refractivity contribution is 5.90. The highest BCUT2D eigenvalue weighted by atomic mass is 19.1. The Balaban J connectivity index is 1.50. The number of fused-ring (bicyclic) bond motifs is 1. The lowest BCUT2D eigenvalue weighted by molar-refractivity contribution is -0.116. The van der Waals surface area contributed by atoms with E-state index >= 15 is 0 Å². The number of nitrogens with one attached hydrogen (secondary N) is 1. The largest absolute Gasteiger partial charge is 0.331 e. The van der Waals surface area contributed by atoms with Crippen LogP contribution in [0.25, 0.3) is 10.9 Å². The van der Waals surface area contributed by atoms with Crippen LogP contribution >= 0.6 is 0 Å². The van der Waals surface area contributed by atoms with Gasteiger partial charge in [0.15, 0.2) is 0 Å². The Bertz CT molecular complexity index is 1440. The lowest BCUT2D eigenvalue weighted by Crippen LogP contribution is -2.40. The summed E-state index contributed by atoms with van der Waals surface area (Å²) in [4.78, 5) is 38.3. The number of benzene rings is 3. The molecule has 6 nitrogen and oxygen atoms in total. The number of anilines is 1. The minimum Gasteiger partial charge on any atom is -0.326 e. The molecule has 0 fully saturated rings. The zero-order valence-corrected chi connectivity index (χ0v) is 18.3. The van der Waals surface area contributed by atoms with Gasteiger partial charge < -0.3 is 5.32 Å². The van der Waals surface area contributed by atoms with Crippen LogP contribution in [-0.2, 0) is 17.9 Å². The van der Waals surface area contributed by atoms with Gasteiger partial charge in [-0.25, -0.2) is 13.6 Å². The monoisotopic (exact) mass is 463 g/mol. The van der Waals surface area contributed by atoms with Gasteiger partial charge in [-0.1, -0.05) is 24.3 Å². The van der Waals surface area contributed by atoms with Gasteiger partial charge in [0.05, 0.1) is 17.4 Å². The Kier molecular flexibility index (Phi) is 6.96. The molecule has 1 heterocycles. The molecule has 174 valence electrons. The molecule has 1 aromatic heterocycles. The molecule has 0 saturated heterocycles. The van der Waals surface area contributed by atoms with Crippen LogP contribution in [0.1, 0.15) is 24.8 Å². The first-order valence-corrected chi connectivity index (χ1v) is 10.9. The fourth-order valence-electron chi connectivity index (χ4n) is 3.85. The van der Waals surface area contributed by atoms with Crippen molar-refractivity contribution in [3.05, 3.63) is 111 Å². The smallest absolute Gasteiger partial charge is 0.326 e. The van der Waals surface area contributed by atoms with Crippen LogP contribution in [-0.4, -0.2) is 15.0 Å². The van der Waals surface area contributed by atoms with Crippen molar-refractivity contribution in [3.8, 4) is 0 Å². The Hall–Kier alpha value is -4.07. The molecule has 0 aliphatic carbocycles. The number of halogens is 2. The van der Waals surface area contributed by atoms with Crippen molar-refractivity contribution in [1.82, 2.24) is 9.13 Å². The maximum Gasteiger partial charge on any atom is 0.331 e. The third-order valence-corrected chi connectivity index (χ3v) is 5.53. The summed E-state index contributed by atoms with van der Waals surface area (Å²) in [7, 11) is 0. The fraction of sp³-hybridized carbons (Fsp3) is 0.192. The van der Waals surface area contributed by atoms with Crippen molar-refractivity contribution in [3.63, 3.8) is 0 Å². The van der Waals surface area contributed by atoms with Gasteiger partial charge in [-0.2, -0.15) is 0 Å². The van der Waals surface area contributed by atoms with Crippen molar-refractivity contribution < 1.29 is 13.6 Å². The molecule has 1 N–H and O–H groups in total. The minimum absolute atomic E-state index is 0.122. The summed E-state index contributed by atoms with van der Waals surface area (Å²) >= 11 is 0. The van der Waals surface area contributed by atoms with Crippen LogP contribution in [0, 0.1) is 11.6 Å². The summed E-state index contributed by atoms with van der Waals surface area (Å²) in [5, 5.41) is 3.08. The second-order valence-electron chi connectivity index (χ2n) is 7.98. The zero-order valence-electron chi connectivity index (χ0n) is 18.3. The van der Waals surface area contributed by atoms with Gasteiger partial charge in [0.2, 0.25) is 5.91 Å². The molecule has 8 heteroatoms. The zero-order chi connectivity index (χ0) is 24.1. The summed E-state index contributed by atoms with van der Waals surface area (Å²) in [5.74, 6) is -1.02. The number of nitrogens with zero attached hydrogens (tertiary/aromatic N) is 2. The standard InChI is InChI=1S/C26H23F2N3O3/c27-19-11-13-21(14-12-19)29-24(32)10-3-4-15-30-25(33)22-8-1-2-9-23(22)31(26(30)34)17-18-6-5-7-20(28)16-18/h1-2,5-9,11-14,16H,3-4,10,15,17H2,(H,29,32). The molecule has 3 aromatic carbocycles. The summed E-state index contributed by atoms with van der Waals surface area (Å²) < 4.78 is 29.3. The third kappa shape index (κ3) is 5.28. The van der Waals surface area contributed by atoms with E-state index in [-0.39, 0.29) is 31.2 Å². The van der Waals surface area contributed by atoms with Crippen molar-refractivity contribution in [1.29, 1.82) is 0 Å². The Morgan fingerprint density at radius 1 is 0.824 bits per heavy atom. The third-order valence-electron chi connectivity index (χ3n) is 5.53. The van der Waals surface area contributed by atoms with Crippen molar-refractivity contribution in [2.45, 2.75) is 32.4 Å². The van der Waals surface area contributed by atoms with E-state index in [0.29, 0.717) is 35.0 Å². The SMILES string of the molecule is O=C(CCCCn1c(=O)c2ccccc2n(Cc2cccc(F)c2)c1=O)Nc1ccc(F)cc1. The molecular weight excluding hydrogens is 440 g/mol. The fourth-order valence-corrected chi connectivity index (χ4v) is 3.85. The number of aromatic nitrogens is 2. The van der Waals surface area contributed by atoms with E-state index in [4.69, 9.17) is 0 Å². The second kappa shape index (κ2) is 10.2. The predicted octanol–water partition coefficient (Wildman–Crippen LogP) is 4.30. The molecule has 0 aliphatic heterocycles. The van der Waals surface area contributed by atoms with Crippen LogP contribution < -0.4 is 16.6 Å². The van der Waals surface area contributed by atoms with Crippen molar-refractivity contribution in [2.75, 3.05) is 5.32 Å². The number of carbonyl (C=O) groups is 1. The van der Waals surface area contributed by atoms with Gasteiger partial charge in [-0.3, -0.25) is 18.7 Å². The van der Waals surface area contributed by atoms with Crippen molar-refractivity contribution in [2.24, 2.45) is 0 Å². The molecule has 0 aliphatic rings. The second-order valence-corrected chi connectivity index (χ2v) is 7.98. The van der Waals surface area contributed by atoms with Gasteiger partial charge in [0.1, 0.15) is 11.6 Å². The van der Waals surface area contributed by atoms with Crippen LogP contribution in [0.5, 0.6) is 0 Å². The predicted molar refractivity (Wildman–Crippen MR) is 127 cm³/mol. The maximum absolute atomic E-state index is 13.7. The highest BCUT2D eigenvalue weighted by Crippen LogP contribution is 2.12. The van der Waals surface area contributed by atoms with Crippen molar-refractivity contribution >= 4 is 22.5 Å². The molecule has 0 atom stereocenters. The average molecular weight is 463 g/mol. The molecule has 4 aromatic rings. The van der Waals surface area contributed by atoms with Gasteiger partial charge in [-0.05, 0) is 66.9 Å². The quantitative estimate of drug-likeness (QED) is 0.396. The maximum atomic E-state index is 13.7. The molecule has 0 spiro atoms. The number of unbranched alkanes of at least 4 members (excludes halogenated alkanes) is 1. The van der Waals surface area contributed by atoms with Crippen LogP contribution in [0.2, 0.25) is 0 Å². The Labute approximate surface area is 194 Å². The molecule has 0 saturated carbocycles. The van der Waals surface area contributed by atoms with E-state index in [1.54, 1.807) is 36.4 Å². The van der Waals surface area contributed by atoms with Gasteiger partial charge in [0, 0.05) is 18.7 Å². The Morgan fingerprint density at radius 3 is 2.35 bits per heavy atom. The van der Waals surface area contributed by atoms with Crippen LogP contribution in [0.3, 0.4) is 0 Å². The van der Waals surface area contributed by atoms with Crippen LogP contribution in [0.4, 0.5) is 14.5 Å². The molecule has 0 radical (unpaired) electrons. The lowest BCUT2D eigenvalue weighted by Gasteiger charge is -2.14. The number of hydrogen-bond acceptors (Lipinski definition) is 3. The van der Waals surface area contributed by atoms with E-state index in [0.717, 1.165) is 0 Å². The van der Waals surface area contributed by atoms with E-state index in [9.17, 15) is 23.2 Å². The molecule has 34 heavy (non-hydrogen) atoms. The van der Waals surface area contributed by atoms with Gasteiger partial charge in [0.25, 0.3) is 5.56 Å². The average Bonchev–Trinajstić information content (AvgIpc) is 2.83. The first-order valence-electron chi connectivity index (χ1n) is 10.9. The van der Waals surface area contributed by atoms with E-state index < -0.39 is 17.1 Å². The topological polar surface area (TPSA) is 73.1 Å². The summed E-state index contributed by atoms with van der Waals surface area (Å²) in [5.41, 5.74) is 0.708. The Morgan fingerprint density at radius 2 is 1.59 bits per heavy atom. The summed E-state index contributed by atoms with van der Waals surface area (Å²) in [6.45, 7) is 0.271. The molecule has 0 bridgehead atoms. The molecule has 0 unspecified atom stereocenters. The number of rotatable bonds is 8.